The predicted octanol–water partition coefficient (Wildman–Crippen LogP) is 4.93. The summed E-state index contributed by atoms with van der Waals surface area (Å²) in [5.74, 6) is -0.640. The molecule has 0 bridgehead atoms. The number of hydrogen-bond donors (Lipinski definition) is 1. The molecule has 0 atom stereocenters. The number of nitrogens with one attached hydrogen (secondary N) is 1. The van der Waals surface area contributed by atoms with E-state index in [1.807, 2.05) is 31.2 Å². The van der Waals surface area contributed by atoms with Crippen LogP contribution in [0.1, 0.15) is 27.0 Å². The van der Waals surface area contributed by atoms with Crippen molar-refractivity contribution in [2.24, 2.45) is 5.10 Å². The summed E-state index contributed by atoms with van der Waals surface area (Å²) in [5.41, 5.74) is 4.30. The molecule has 3 aromatic rings. The maximum Gasteiger partial charge on any atom is 0.276 e. The molecule has 29 heavy (non-hydrogen) atoms. The molecule has 0 aliphatic carbocycles. The van der Waals surface area contributed by atoms with Gasteiger partial charge in [0, 0.05) is 11.8 Å². The molecule has 0 aliphatic heterocycles. The third-order valence-corrected chi connectivity index (χ3v) is 5.29. The minimum absolute atomic E-state index is 0.0272. The van der Waals surface area contributed by atoms with Crippen LogP contribution < -0.4 is 11.0 Å². The Balaban J connectivity index is 1.78. The lowest BCUT2D eigenvalue weighted by atomic mass is 10.1. The monoisotopic (exact) mass is 447 g/mol. The van der Waals surface area contributed by atoms with Crippen molar-refractivity contribution in [3.05, 3.63) is 102 Å². The second-order valence-corrected chi connectivity index (χ2v) is 7.49. The van der Waals surface area contributed by atoms with E-state index in [4.69, 9.17) is 34.8 Å². The minimum Gasteiger partial charge on any atom is -0.310 e. The summed E-state index contributed by atoms with van der Waals surface area (Å²) in [7, 11) is 0. The summed E-state index contributed by atoms with van der Waals surface area (Å²) in [5, 5.41) is 4.71. The average Bonchev–Trinajstić information content (AvgIpc) is 2.69. The van der Waals surface area contributed by atoms with Crippen LogP contribution in [0.15, 0.2) is 64.6 Å². The molecule has 1 aromatic heterocycles. The molecule has 0 saturated carbocycles. The molecule has 8 heteroatoms. The lowest BCUT2D eigenvalue weighted by Crippen LogP contribution is -2.30. The van der Waals surface area contributed by atoms with E-state index in [1.54, 1.807) is 24.4 Å². The Labute approximate surface area is 182 Å². The molecule has 0 saturated heterocycles. The number of amides is 1. The lowest BCUT2D eigenvalue weighted by molar-refractivity contribution is 0.0953. The van der Waals surface area contributed by atoms with Crippen LogP contribution in [0, 0.1) is 6.92 Å². The van der Waals surface area contributed by atoms with Gasteiger partial charge in [0.25, 0.3) is 11.5 Å². The van der Waals surface area contributed by atoms with E-state index < -0.39 is 11.5 Å². The molecule has 0 fully saturated rings. The van der Waals surface area contributed by atoms with E-state index >= 15 is 0 Å². The third kappa shape index (κ3) is 5.07. The number of aryl methyl sites for hydroxylation is 1. The van der Waals surface area contributed by atoms with E-state index in [2.05, 4.69) is 10.5 Å². The van der Waals surface area contributed by atoms with E-state index in [1.165, 1.54) is 16.8 Å². The quantitative estimate of drug-likeness (QED) is 0.342. The van der Waals surface area contributed by atoms with Gasteiger partial charge in [0.2, 0.25) is 0 Å². The zero-order valence-corrected chi connectivity index (χ0v) is 17.6. The summed E-state index contributed by atoms with van der Waals surface area (Å²) >= 11 is 18.1. The van der Waals surface area contributed by atoms with Crippen molar-refractivity contribution >= 4 is 46.9 Å². The number of rotatable bonds is 5. The predicted molar refractivity (Wildman–Crippen MR) is 118 cm³/mol. The molecule has 1 N–H and O–H groups in total. The highest BCUT2D eigenvalue weighted by atomic mass is 35.5. The van der Waals surface area contributed by atoms with E-state index in [9.17, 15) is 9.59 Å². The van der Waals surface area contributed by atoms with Crippen LogP contribution in [-0.2, 0) is 6.54 Å². The summed E-state index contributed by atoms with van der Waals surface area (Å²) < 4.78 is 1.47. The van der Waals surface area contributed by atoms with Crippen LogP contribution in [0.25, 0.3) is 0 Å². The number of benzene rings is 2. The molecular formula is C21H16Cl3N3O2. The summed E-state index contributed by atoms with van der Waals surface area (Å²) in [6.45, 7) is 2.34. The van der Waals surface area contributed by atoms with Crippen molar-refractivity contribution in [2.75, 3.05) is 0 Å². The normalized spacial score (nSPS) is 11.0. The molecule has 2 aromatic carbocycles. The fourth-order valence-electron chi connectivity index (χ4n) is 2.72. The largest absolute Gasteiger partial charge is 0.310 e. The molecule has 0 unspecified atom stereocenters. The van der Waals surface area contributed by atoms with Crippen molar-refractivity contribution < 1.29 is 4.79 Å². The van der Waals surface area contributed by atoms with Gasteiger partial charge in [-0.2, -0.15) is 5.10 Å². The van der Waals surface area contributed by atoms with Gasteiger partial charge in [-0.05, 0) is 36.8 Å². The van der Waals surface area contributed by atoms with Crippen LogP contribution in [-0.4, -0.2) is 16.7 Å². The highest BCUT2D eigenvalue weighted by Crippen LogP contribution is 2.29. The van der Waals surface area contributed by atoms with Gasteiger partial charge in [-0.1, -0.05) is 64.6 Å². The summed E-state index contributed by atoms with van der Waals surface area (Å²) in [6, 6.07) is 14.0. The molecule has 148 valence electrons. The summed E-state index contributed by atoms with van der Waals surface area (Å²) in [4.78, 5) is 25.1. The Bertz CT molecular complexity index is 1160. The second-order valence-electron chi connectivity index (χ2n) is 6.30. The highest BCUT2D eigenvalue weighted by molar-refractivity contribution is 6.45. The molecule has 0 radical (unpaired) electrons. The maximum absolute atomic E-state index is 12.7. The first-order valence-electron chi connectivity index (χ1n) is 8.58. The standard InChI is InChI=1S/C21H16Cl3N3O2/c1-13-4-2-5-14(10-13)12-27-9-3-6-15(21(27)29)20(28)26-25-11-16-17(22)7-8-18(23)19(16)24/h2-11H,12H2,1H3,(H,26,28)/b25-11-. The van der Waals surface area contributed by atoms with Crippen LogP contribution in [0.3, 0.4) is 0 Å². The van der Waals surface area contributed by atoms with Crippen LogP contribution >= 0.6 is 34.8 Å². The van der Waals surface area contributed by atoms with E-state index in [0.29, 0.717) is 22.2 Å². The van der Waals surface area contributed by atoms with Crippen molar-refractivity contribution in [3.8, 4) is 0 Å². The first kappa shape index (κ1) is 21.1. The Hall–Kier alpha value is -2.60. The van der Waals surface area contributed by atoms with Crippen LogP contribution in [0.2, 0.25) is 15.1 Å². The van der Waals surface area contributed by atoms with E-state index in [-0.39, 0.29) is 10.6 Å². The lowest BCUT2D eigenvalue weighted by Gasteiger charge is -2.08. The number of halogens is 3. The summed E-state index contributed by atoms with van der Waals surface area (Å²) in [6.07, 6.45) is 2.92. The molecule has 5 nitrogen and oxygen atoms in total. The number of carbonyl (C=O) groups excluding carboxylic acids is 1. The van der Waals surface area contributed by atoms with Crippen LogP contribution in [0.4, 0.5) is 0 Å². The van der Waals surface area contributed by atoms with Crippen molar-refractivity contribution in [1.82, 2.24) is 9.99 Å². The Morgan fingerprint density at radius 2 is 1.86 bits per heavy atom. The number of hydrogen-bond acceptors (Lipinski definition) is 3. The zero-order chi connectivity index (χ0) is 21.0. The second kappa shape index (κ2) is 9.27. The van der Waals surface area contributed by atoms with E-state index in [0.717, 1.165) is 11.1 Å². The fraction of sp³-hybridized carbons (Fsp3) is 0.0952. The molecule has 1 amide bonds. The molecule has 0 spiro atoms. The maximum atomic E-state index is 12.7. The Kier molecular flexibility index (Phi) is 6.75. The number of hydrazone groups is 1. The highest BCUT2D eigenvalue weighted by Gasteiger charge is 2.12. The first-order chi connectivity index (χ1) is 13.9. The van der Waals surface area contributed by atoms with Gasteiger partial charge in [-0.3, -0.25) is 9.59 Å². The van der Waals surface area contributed by atoms with Gasteiger partial charge in [-0.25, -0.2) is 5.43 Å². The number of nitrogens with zero attached hydrogens (tertiary/aromatic N) is 2. The SMILES string of the molecule is Cc1cccc(Cn2cccc(C(=O)N/N=C\c3c(Cl)ccc(Cl)c3Cl)c2=O)c1. The van der Waals surface area contributed by atoms with Gasteiger partial charge in [0.15, 0.2) is 0 Å². The van der Waals surface area contributed by atoms with Gasteiger partial charge in [0.05, 0.1) is 27.8 Å². The van der Waals surface area contributed by atoms with Crippen molar-refractivity contribution in [2.45, 2.75) is 13.5 Å². The van der Waals surface area contributed by atoms with Gasteiger partial charge < -0.3 is 4.57 Å². The first-order valence-corrected chi connectivity index (χ1v) is 9.72. The third-order valence-electron chi connectivity index (χ3n) is 4.14. The van der Waals surface area contributed by atoms with Crippen molar-refractivity contribution in [3.63, 3.8) is 0 Å². The smallest absolute Gasteiger partial charge is 0.276 e. The minimum atomic E-state index is -0.640. The Morgan fingerprint density at radius 3 is 2.62 bits per heavy atom. The average molecular weight is 449 g/mol. The number of pyridine rings is 1. The number of aromatic nitrogens is 1. The molecule has 1 heterocycles. The van der Waals surface area contributed by atoms with Gasteiger partial charge in [-0.15, -0.1) is 0 Å². The Morgan fingerprint density at radius 1 is 1.10 bits per heavy atom. The van der Waals surface area contributed by atoms with Gasteiger partial charge >= 0.3 is 0 Å². The number of carbonyl (C=O) groups is 1. The van der Waals surface area contributed by atoms with Crippen LogP contribution in [0.5, 0.6) is 0 Å². The molecule has 0 aliphatic rings. The van der Waals surface area contributed by atoms with Gasteiger partial charge in [0.1, 0.15) is 5.56 Å². The zero-order valence-electron chi connectivity index (χ0n) is 15.3. The molecular weight excluding hydrogens is 433 g/mol. The fourth-order valence-corrected chi connectivity index (χ4v) is 3.35. The molecule has 3 rings (SSSR count). The topological polar surface area (TPSA) is 63.5 Å². The van der Waals surface area contributed by atoms with Crippen molar-refractivity contribution in [1.29, 1.82) is 0 Å².